The molecule has 1 atom stereocenters. The number of hydrogen-bond acceptors (Lipinski definition) is 5. The van der Waals surface area contributed by atoms with Crippen molar-refractivity contribution >= 4 is 11.3 Å². The molecule has 0 N–H and O–H groups in total. The molecule has 0 bridgehead atoms. The van der Waals surface area contributed by atoms with Crippen LogP contribution in [0, 0.1) is 16.7 Å². The lowest BCUT2D eigenvalue weighted by Gasteiger charge is -1.95. The topological polar surface area (TPSA) is 62.7 Å². The minimum absolute atomic E-state index is 0.286. The Morgan fingerprint density at radius 2 is 2.35 bits per heavy atom. The van der Waals surface area contributed by atoms with E-state index in [1.54, 1.807) is 6.07 Å². The highest BCUT2D eigenvalue weighted by Crippen LogP contribution is 2.57. The first-order valence-electron chi connectivity index (χ1n) is 5.43. The average molecular weight is 245 g/mol. The maximum atomic E-state index is 8.95. The Bertz CT molecular complexity index is 605. The second-order valence-corrected chi connectivity index (χ2v) is 5.89. The summed E-state index contributed by atoms with van der Waals surface area (Å²) in [4.78, 5) is 5.17. The molecule has 2 heterocycles. The second-order valence-electron chi connectivity index (χ2n) is 4.98. The van der Waals surface area contributed by atoms with Crippen LogP contribution >= 0.6 is 11.3 Å². The van der Waals surface area contributed by atoms with E-state index in [0.717, 1.165) is 17.1 Å². The number of aromatic nitrogens is 2. The average Bonchev–Trinajstić information content (AvgIpc) is 2.80. The molecule has 0 radical (unpaired) electrons. The molecule has 1 unspecified atom stereocenters. The summed E-state index contributed by atoms with van der Waals surface area (Å²) in [6.45, 7) is 4.39. The summed E-state index contributed by atoms with van der Waals surface area (Å²) in [7, 11) is 0. The van der Waals surface area contributed by atoms with Gasteiger partial charge in [-0.05, 0) is 23.3 Å². The summed E-state index contributed by atoms with van der Waals surface area (Å²) >= 11 is 1.45. The molecule has 1 aliphatic rings. The van der Waals surface area contributed by atoms with Crippen LogP contribution < -0.4 is 0 Å². The van der Waals surface area contributed by atoms with E-state index in [1.165, 1.54) is 11.3 Å². The van der Waals surface area contributed by atoms with Crippen molar-refractivity contribution in [2.75, 3.05) is 0 Å². The number of thiophene rings is 1. The predicted molar refractivity (Wildman–Crippen MR) is 63.5 cm³/mol. The molecule has 2 aromatic heterocycles. The molecule has 5 heteroatoms. The van der Waals surface area contributed by atoms with Crippen LogP contribution in [0.4, 0.5) is 0 Å². The van der Waals surface area contributed by atoms with E-state index in [-0.39, 0.29) is 5.41 Å². The van der Waals surface area contributed by atoms with Crippen LogP contribution in [0.25, 0.3) is 10.8 Å². The molecule has 1 saturated carbocycles. The number of nitrogens with zero attached hydrogens (tertiary/aromatic N) is 3. The second kappa shape index (κ2) is 3.41. The summed E-state index contributed by atoms with van der Waals surface area (Å²) < 4.78 is 5.24. The van der Waals surface area contributed by atoms with Gasteiger partial charge in [0.2, 0.25) is 0 Å². The fourth-order valence-electron chi connectivity index (χ4n) is 1.94. The molecule has 0 amide bonds. The van der Waals surface area contributed by atoms with Gasteiger partial charge in [-0.1, -0.05) is 19.0 Å². The normalized spacial score (nSPS) is 21.1. The van der Waals surface area contributed by atoms with Gasteiger partial charge in [-0.2, -0.15) is 10.2 Å². The minimum atomic E-state index is 0.286. The van der Waals surface area contributed by atoms with Gasteiger partial charge in [0.25, 0.3) is 5.89 Å². The maximum Gasteiger partial charge on any atom is 0.269 e. The highest BCUT2D eigenvalue weighted by molar-refractivity contribution is 7.13. The van der Waals surface area contributed by atoms with Crippen molar-refractivity contribution in [1.82, 2.24) is 10.1 Å². The smallest absolute Gasteiger partial charge is 0.269 e. The molecule has 1 aliphatic carbocycles. The van der Waals surface area contributed by atoms with E-state index >= 15 is 0 Å². The molecule has 0 saturated heterocycles. The van der Waals surface area contributed by atoms with Crippen molar-refractivity contribution in [2.24, 2.45) is 5.41 Å². The van der Waals surface area contributed by atoms with Crippen LogP contribution in [-0.4, -0.2) is 10.1 Å². The SMILES string of the molecule is CC1(C)CC1c1noc(-c2sccc2C#N)n1. The Morgan fingerprint density at radius 1 is 1.59 bits per heavy atom. The summed E-state index contributed by atoms with van der Waals surface area (Å²) in [6, 6.07) is 3.90. The fourth-order valence-corrected chi connectivity index (χ4v) is 2.70. The van der Waals surface area contributed by atoms with Gasteiger partial charge in [0.15, 0.2) is 5.82 Å². The number of rotatable bonds is 2. The van der Waals surface area contributed by atoms with Gasteiger partial charge < -0.3 is 4.52 Å². The van der Waals surface area contributed by atoms with Crippen LogP contribution in [0.15, 0.2) is 16.0 Å². The number of hydrogen-bond donors (Lipinski definition) is 0. The van der Waals surface area contributed by atoms with Gasteiger partial charge in [-0.25, -0.2) is 0 Å². The molecule has 0 spiro atoms. The van der Waals surface area contributed by atoms with Crippen molar-refractivity contribution < 1.29 is 4.52 Å². The molecule has 1 fully saturated rings. The van der Waals surface area contributed by atoms with Crippen LogP contribution in [-0.2, 0) is 0 Å². The lowest BCUT2D eigenvalue weighted by molar-refractivity contribution is 0.420. The van der Waals surface area contributed by atoms with E-state index in [9.17, 15) is 0 Å². The first-order valence-corrected chi connectivity index (χ1v) is 6.31. The Morgan fingerprint density at radius 3 is 3.00 bits per heavy atom. The minimum Gasteiger partial charge on any atom is -0.333 e. The molecular formula is C12H11N3OS. The van der Waals surface area contributed by atoms with E-state index in [4.69, 9.17) is 9.78 Å². The van der Waals surface area contributed by atoms with Crippen molar-refractivity contribution in [2.45, 2.75) is 26.2 Å². The molecule has 0 aromatic carbocycles. The van der Waals surface area contributed by atoms with E-state index in [2.05, 4.69) is 30.1 Å². The lowest BCUT2D eigenvalue weighted by atomic mass is 10.1. The fraction of sp³-hybridized carbons (Fsp3) is 0.417. The third kappa shape index (κ3) is 1.65. The highest BCUT2D eigenvalue weighted by atomic mass is 32.1. The first kappa shape index (κ1) is 10.5. The van der Waals surface area contributed by atoms with Gasteiger partial charge in [0, 0.05) is 5.92 Å². The maximum absolute atomic E-state index is 8.95. The van der Waals surface area contributed by atoms with Crippen LogP contribution in [0.3, 0.4) is 0 Å². The molecule has 17 heavy (non-hydrogen) atoms. The summed E-state index contributed by atoms with van der Waals surface area (Å²) in [5, 5.41) is 14.8. The Labute approximate surface area is 103 Å². The molecule has 86 valence electrons. The zero-order chi connectivity index (χ0) is 12.0. The standard InChI is InChI=1S/C12H11N3OS/c1-12(2)5-8(12)10-14-11(16-15-10)9-7(6-13)3-4-17-9/h3-4,8H,5H2,1-2H3. The van der Waals surface area contributed by atoms with E-state index in [0.29, 0.717) is 17.4 Å². The van der Waals surface area contributed by atoms with Gasteiger partial charge in [0.1, 0.15) is 10.9 Å². The zero-order valence-corrected chi connectivity index (χ0v) is 10.4. The highest BCUT2D eigenvalue weighted by Gasteiger charge is 2.49. The van der Waals surface area contributed by atoms with Gasteiger partial charge in [-0.3, -0.25) is 0 Å². The molecule has 3 rings (SSSR count). The van der Waals surface area contributed by atoms with E-state index < -0.39 is 0 Å². The van der Waals surface area contributed by atoms with Gasteiger partial charge >= 0.3 is 0 Å². The third-order valence-corrected chi connectivity index (χ3v) is 4.15. The monoisotopic (exact) mass is 245 g/mol. The number of nitriles is 1. The van der Waals surface area contributed by atoms with Gasteiger partial charge in [-0.15, -0.1) is 11.3 Å². The van der Waals surface area contributed by atoms with Crippen molar-refractivity contribution in [1.29, 1.82) is 5.26 Å². The Balaban J connectivity index is 1.94. The predicted octanol–water partition coefficient (Wildman–Crippen LogP) is 3.18. The third-order valence-electron chi connectivity index (χ3n) is 3.25. The summed E-state index contributed by atoms with van der Waals surface area (Å²) in [5.41, 5.74) is 0.884. The summed E-state index contributed by atoms with van der Waals surface area (Å²) in [6.07, 6.45) is 1.10. The van der Waals surface area contributed by atoms with Crippen molar-refractivity contribution in [3.63, 3.8) is 0 Å². The zero-order valence-electron chi connectivity index (χ0n) is 9.60. The van der Waals surface area contributed by atoms with Gasteiger partial charge in [0.05, 0.1) is 5.56 Å². The van der Waals surface area contributed by atoms with Crippen LogP contribution in [0.5, 0.6) is 0 Å². The molecule has 2 aromatic rings. The Hall–Kier alpha value is -1.67. The Kier molecular flexibility index (Phi) is 2.10. The molecule has 4 nitrogen and oxygen atoms in total. The largest absolute Gasteiger partial charge is 0.333 e. The van der Waals surface area contributed by atoms with Crippen molar-refractivity contribution in [3.8, 4) is 16.8 Å². The molecular weight excluding hydrogens is 234 g/mol. The summed E-state index contributed by atoms with van der Waals surface area (Å²) in [5.74, 6) is 1.63. The van der Waals surface area contributed by atoms with Crippen molar-refractivity contribution in [3.05, 3.63) is 22.8 Å². The molecule has 0 aliphatic heterocycles. The van der Waals surface area contributed by atoms with E-state index in [1.807, 2.05) is 5.38 Å². The van der Waals surface area contributed by atoms with Crippen LogP contribution in [0.1, 0.15) is 37.6 Å². The quantitative estimate of drug-likeness (QED) is 0.815. The van der Waals surface area contributed by atoms with Crippen LogP contribution in [0.2, 0.25) is 0 Å². The lowest BCUT2D eigenvalue weighted by Crippen LogP contribution is -1.91. The first-order chi connectivity index (χ1) is 8.12.